The molecule has 122 valence electrons. The van der Waals surface area contributed by atoms with E-state index in [0.29, 0.717) is 18.7 Å². The van der Waals surface area contributed by atoms with E-state index in [4.69, 9.17) is 21.4 Å². The molecule has 2 N–H and O–H groups in total. The van der Waals surface area contributed by atoms with Crippen molar-refractivity contribution in [2.75, 3.05) is 13.2 Å². The van der Waals surface area contributed by atoms with Gasteiger partial charge in [0.05, 0.1) is 4.92 Å². The number of hydrogen-bond donors (Lipinski definition) is 2. The number of nitrogens with one attached hydrogen (secondary N) is 1. The molecule has 23 heavy (non-hydrogen) atoms. The van der Waals surface area contributed by atoms with Crippen molar-refractivity contribution in [1.82, 2.24) is 5.32 Å². The molecule has 0 saturated heterocycles. The summed E-state index contributed by atoms with van der Waals surface area (Å²) < 4.78 is 5.57. The highest BCUT2D eigenvalue weighted by Gasteiger charge is 2.16. The molecule has 0 radical (unpaired) electrons. The number of halogens is 1. The van der Waals surface area contributed by atoms with Crippen molar-refractivity contribution in [2.45, 2.75) is 13.0 Å². The van der Waals surface area contributed by atoms with Crippen LogP contribution in [0.5, 0.6) is 11.5 Å². The van der Waals surface area contributed by atoms with Crippen molar-refractivity contribution < 1.29 is 14.8 Å². The molecule has 0 spiro atoms. The fraction of sp³-hybridized carbons (Fsp3) is 0.250. The number of nitro groups is 1. The molecule has 0 aromatic heterocycles. The Morgan fingerprint density at radius 3 is 2.61 bits per heavy atom. The monoisotopic (exact) mass is 336 g/mol. The first kappa shape index (κ1) is 17.2. The van der Waals surface area contributed by atoms with Gasteiger partial charge >= 0.3 is 5.69 Å². The van der Waals surface area contributed by atoms with E-state index in [1.165, 1.54) is 12.1 Å². The fourth-order valence-corrected chi connectivity index (χ4v) is 2.12. The van der Waals surface area contributed by atoms with Crippen molar-refractivity contribution in [3.63, 3.8) is 0 Å². The summed E-state index contributed by atoms with van der Waals surface area (Å²) in [5.41, 5.74) is 0.883. The molecule has 6 nitrogen and oxygen atoms in total. The average molecular weight is 337 g/mol. The number of hydrogen-bond acceptors (Lipinski definition) is 5. The molecule has 0 unspecified atom stereocenters. The smallest absolute Gasteiger partial charge is 0.313 e. The highest BCUT2D eigenvalue weighted by Crippen LogP contribution is 2.33. The number of nitro benzene ring substituents is 1. The van der Waals surface area contributed by atoms with E-state index in [1.807, 2.05) is 12.1 Å². The van der Waals surface area contributed by atoms with Crippen LogP contribution < -0.4 is 10.1 Å². The summed E-state index contributed by atoms with van der Waals surface area (Å²) in [6, 6.07) is 11.5. The number of aliphatic hydroxyl groups is 1. The molecule has 0 saturated carbocycles. The molecule has 7 heteroatoms. The molecular formula is C16H17ClN2O4. The number of ether oxygens (including phenoxy) is 1. The Hall–Kier alpha value is -2.15. The van der Waals surface area contributed by atoms with Crippen molar-refractivity contribution >= 4 is 17.3 Å². The van der Waals surface area contributed by atoms with E-state index in [9.17, 15) is 10.1 Å². The van der Waals surface area contributed by atoms with Gasteiger partial charge in [-0.1, -0.05) is 23.7 Å². The predicted molar refractivity (Wildman–Crippen MR) is 88.0 cm³/mol. The van der Waals surface area contributed by atoms with Gasteiger partial charge in [-0.3, -0.25) is 10.1 Å². The third-order valence-electron chi connectivity index (χ3n) is 3.11. The summed E-state index contributed by atoms with van der Waals surface area (Å²) in [7, 11) is 0. The number of benzene rings is 2. The van der Waals surface area contributed by atoms with Gasteiger partial charge in [0.25, 0.3) is 0 Å². The lowest BCUT2D eigenvalue weighted by Gasteiger charge is -2.08. The minimum absolute atomic E-state index is 0.147. The van der Waals surface area contributed by atoms with Crippen molar-refractivity contribution in [3.8, 4) is 11.5 Å². The topological polar surface area (TPSA) is 84.6 Å². The minimum atomic E-state index is -0.527. The zero-order chi connectivity index (χ0) is 16.7. The fourth-order valence-electron chi connectivity index (χ4n) is 1.96. The second kappa shape index (κ2) is 8.47. The lowest BCUT2D eigenvalue weighted by atomic mass is 10.2. The van der Waals surface area contributed by atoms with Gasteiger partial charge in [0.1, 0.15) is 5.75 Å². The molecule has 2 aromatic rings. The maximum Gasteiger partial charge on any atom is 0.313 e. The second-order valence-corrected chi connectivity index (χ2v) is 5.31. The number of nitrogens with zero attached hydrogens (tertiary/aromatic N) is 1. The van der Waals surface area contributed by atoms with Crippen LogP contribution >= 0.6 is 11.6 Å². The normalized spacial score (nSPS) is 10.5. The van der Waals surface area contributed by atoms with Gasteiger partial charge in [-0.15, -0.1) is 0 Å². The van der Waals surface area contributed by atoms with Crippen LogP contribution in [0.4, 0.5) is 5.69 Å². The van der Waals surface area contributed by atoms with Crippen LogP contribution in [0, 0.1) is 10.1 Å². The Kier molecular flexibility index (Phi) is 6.34. The van der Waals surface area contributed by atoms with Crippen LogP contribution in [0.25, 0.3) is 0 Å². The lowest BCUT2D eigenvalue weighted by Crippen LogP contribution is -2.15. The maximum absolute atomic E-state index is 11.0. The predicted octanol–water partition coefficient (Wildman–Crippen LogP) is 3.51. The zero-order valence-electron chi connectivity index (χ0n) is 12.4. The first-order chi connectivity index (χ1) is 11.1. The summed E-state index contributed by atoms with van der Waals surface area (Å²) in [5, 5.41) is 23.2. The Balaban J connectivity index is 2.02. The van der Waals surface area contributed by atoms with Gasteiger partial charge in [0.2, 0.25) is 5.75 Å². The number of aliphatic hydroxyl groups excluding tert-OH is 1. The van der Waals surface area contributed by atoms with Crippen LogP contribution in [0.1, 0.15) is 12.0 Å². The molecule has 0 atom stereocenters. The third kappa shape index (κ3) is 5.21. The van der Waals surface area contributed by atoms with Gasteiger partial charge < -0.3 is 15.2 Å². The van der Waals surface area contributed by atoms with E-state index in [2.05, 4.69) is 5.32 Å². The van der Waals surface area contributed by atoms with Gasteiger partial charge in [-0.05, 0) is 42.8 Å². The van der Waals surface area contributed by atoms with Gasteiger partial charge in [0.15, 0.2) is 0 Å². The van der Waals surface area contributed by atoms with Gasteiger partial charge in [-0.25, -0.2) is 0 Å². The molecule has 0 bridgehead atoms. The Morgan fingerprint density at radius 2 is 1.96 bits per heavy atom. The van der Waals surface area contributed by atoms with Crippen molar-refractivity contribution in [2.24, 2.45) is 0 Å². The third-order valence-corrected chi connectivity index (χ3v) is 3.34. The van der Waals surface area contributed by atoms with Crippen LogP contribution in [0.15, 0.2) is 42.5 Å². The SMILES string of the molecule is O=[N+]([O-])c1cc(Cl)ccc1Oc1ccc(CNCCCO)cc1. The highest BCUT2D eigenvalue weighted by molar-refractivity contribution is 6.30. The Morgan fingerprint density at radius 1 is 1.22 bits per heavy atom. The molecule has 2 aromatic carbocycles. The van der Waals surface area contributed by atoms with Gasteiger partial charge in [-0.2, -0.15) is 0 Å². The van der Waals surface area contributed by atoms with Crippen LogP contribution in [-0.4, -0.2) is 23.2 Å². The second-order valence-electron chi connectivity index (χ2n) is 4.87. The molecule has 0 amide bonds. The first-order valence-corrected chi connectivity index (χ1v) is 7.50. The van der Waals surface area contributed by atoms with E-state index >= 15 is 0 Å². The molecule has 0 aliphatic heterocycles. The molecule has 0 aliphatic rings. The van der Waals surface area contributed by atoms with Crippen molar-refractivity contribution in [1.29, 1.82) is 0 Å². The molecular weight excluding hydrogens is 320 g/mol. The van der Waals surface area contributed by atoms with E-state index in [0.717, 1.165) is 12.1 Å². The molecule has 0 fully saturated rings. The van der Waals surface area contributed by atoms with Crippen LogP contribution in [0.2, 0.25) is 5.02 Å². The van der Waals surface area contributed by atoms with E-state index < -0.39 is 4.92 Å². The Bertz CT molecular complexity index is 662. The number of rotatable bonds is 8. The van der Waals surface area contributed by atoms with Crippen molar-refractivity contribution in [3.05, 3.63) is 63.2 Å². The van der Waals surface area contributed by atoms with Crippen LogP contribution in [0.3, 0.4) is 0 Å². The molecule has 0 aliphatic carbocycles. The highest BCUT2D eigenvalue weighted by atomic mass is 35.5. The van der Waals surface area contributed by atoms with E-state index in [1.54, 1.807) is 18.2 Å². The average Bonchev–Trinajstić information content (AvgIpc) is 2.54. The Labute approximate surface area is 138 Å². The summed E-state index contributed by atoms with van der Waals surface area (Å²) >= 11 is 5.77. The molecule has 0 heterocycles. The van der Waals surface area contributed by atoms with E-state index in [-0.39, 0.29) is 23.1 Å². The quantitative estimate of drug-likeness (QED) is 0.438. The summed E-state index contributed by atoms with van der Waals surface area (Å²) in [5.74, 6) is 0.655. The lowest BCUT2D eigenvalue weighted by molar-refractivity contribution is -0.385. The minimum Gasteiger partial charge on any atom is -0.450 e. The largest absolute Gasteiger partial charge is 0.450 e. The standard InChI is InChI=1S/C16H17ClN2O4/c17-13-4-7-16(15(10-13)19(21)22)23-14-5-2-12(3-6-14)11-18-8-1-9-20/h2-7,10,18,20H,1,8-9,11H2. The molecule has 2 rings (SSSR count). The summed E-state index contributed by atoms with van der Waals surface area (Å²) in [6.45, 7) is 1.59. The van der Waals surface area contributed by atoms with Crippen LogP contribution in [-0.2, 0) is 6.54 Å². The zero-order valence-corrected chi connectivity index (χ0v) is 13.1. The maximum atomic E-state index is 11.0. The van der Waals surface area contributed by atoms with Gasteiger partial charge in [0, 0.05) is 24.2 Å². The summed E-state index contributed by atoms with van der Waals surface area (Å²) in [4.78, 5) is 10.5. The first-order valence-electron chi connectivity index (χ1n) is 7.12. The summed E-state index contributed by atoms with van der Waals surface area (Å²) in [6.07, 6.45) is 0.710.